The summed E-state index contributed by atoms with van der Waals surface area (Å²) in [7, 11) is 0. The molecule has 2 aromatic carbocycles. The van der Waals surface area contributed by atoms with Crippen molar-refractivity contribution < 1.29 is 4.42 Å². The van der Waals surface area contributed by atoms with Gasteiger partial charge in [-0.1, -0.05) is 18.2 Å². The molecule has 32 heavy (non-hydrogen) atoms. The molecule has 3 aromatic heterocycles. The minimum Gasteiger partial charge on any atom is -0.464 e. The lowest BCUT2D eigenvalue weighted by atomic mass is 10.0. The maximum absolute atomic E-state index is 5.70. The first-order valence-electron chi connectivity index (χ1n) is 10.4. The van der Waals surface area contributed by atoms with Gasteiger partial charge in [-0.25, -0.2) is 15.0 Å². The molecule has 3 N–H and O–H groups in total. The van der Waals surface area contributed by atoms with Gasteiger partial charge in [-0.15, -0.1) is 0 Å². The molecule has 0 saturated heterocycles. The molecule has 3 heterocycles. The molecular weight excluding hydrogens is 398 g/mol. The summed E-state index contributed by atoms with van der Waals surface area (Å²) in [5.74, 6) is 2.02. The predicted octanol–water partition coefficient (Wildman–Crippen LogP) is 5.76. The second-order valence-corrected chi connectivity index (χ2v) is 7.84. The van der Waals surface area contributed by atoms with Gasteiger partial charge in [0.05, 0.1) is 12.0 Å². The van der Waals surface area contributed by atoms with Crippen molar-refractivity contribution >= 4 is 22.6 Å². The quantitative estimate of drug-likeness (QED) is 0.375. The smallest absolute Gasteiger partial charge is 0.134 e. The summed E-state index contributed by atoms with van der Waals surface area (Å²) in [5.41, 5.74) is 12.9. The number of hydrogen-bond acceptors (Lipinski definition) is 6. The number of aromatic nitrogens is 3. The van der Waals surface area contributed by atoms with Crippen LogP contribution in [0.2, 0.25) is 0 Å². The Kier molecular flexibility index (Phi) is 5.03. The van der Waals surface area contributed by atoms with Crippen LogP contribution in [-0.4, -0.2) is 15.0 Å². The minimum atomic E-state index is 0.517. The standard InChI is InChI=1S/C26H23N5O/c1-16-15-32-24-8-6-20(11-22(16)24)23-12-26(31-17(2)30-23)29-13-18-4-3-5-19(10-18)21-7-9-25(27)28-14-21/h3-12,14-15H,13H2,1-2H3,(H2,27,28)(H,29,30,31). The summed E-state index contributed by atoms with van der Waals surface area (Å²) in [5, 5.41) is 4.54. The maximum Gasteiger partial charge on any atom is 0.134 e. The first-order valence-corrected chi connectivity index (χ1v) is 10.4. The van der Waals surface area contributed by atoms with Crippen LogP contribution in [0.5, 0.6) is 0 Å². The second kappa shape index (κ2) is 8.15. The Morgan fingerprint density at radius 3 is 2.62 bits per heavy atom. The number of furan rings is 1. The molecule has 0 radical (unpaired) electrons. The van der Waals surface area contributed by atoms with E-state index in [9.17, 15) is 0 Å². The van der Waals surface area contributed by atoms with Crippen molar-refractivity contribution in [2.45, 2.75) is 20.4 Å². The molecule has 5 rings (SSSR count). The number of fused-ring (bicyclic) bond motifs is 1. The first kappa shape index (κ1) is 19.8. The lowest BCUT2D eigenvalue weighted by Gasteiger charge is -2.10. The third-order valence-electron chi connectivity index (χ3n) is 5.42. The summed E-state index contributed by atoms with van der Waals surface area (Å²) >= 11 is 0. The Hall–Kier alpha value is -4.19. The molecule has 0 aliphatic carbocycles. The number of aryl methyl sites for hydroxylation is 2. The van der Waals surface area contributed by atoms with E-state index in [1.165, 1.54) is 0 Å². The Labute approximate surface area is 186 Å². The van der Waals surface area contributed by atoms with E-state index in [2.05, 4.69) is 44.5 Å². The zero-order valence-electron chi connectivity index (χ0n) is 18.0. The van der Waals surface area contributed by atoms with Crippen LogP contribution in [0.15, 0.2) is 77.5 Å². The maximum atomic E-state index is 5.70. The summed E-state index contributed by atoms with van der Waals surface area (Å²) in [4.78, 5) is 13.4. The van der Waals surface area contributed by atoms with Crippen LogP contribution in [0.1, 0.15) is 17.0 Å². The lowest BCUT2D eigenvalue weighted by Crippen LogP contribution is -2.04. The fourth-order valence-corrected chi connectivity index (χ4v) is 3.75. The molecule has 0 fully saturated rings. The van der Waals surface area contributed by atoms with Crippen LogP contribution in [-0.2, 0) is 6.54 Å². The van der Waals surface area contributed by atoms with Gasteiger partial charge >= 0.3 is 0 Å². The highest BCUT2D eigenvalue weighted by atomic mass is 16.3. The van der Waals surface area contributed by atoms with Gasteiger partial charge in [0.2, 0.25) is 0 Å². The SMILES string of the molecule is Cc1nc(NCc2cccc(-c3ccc(N)nc3)c2)cc(-c2ccc3occ(C)c3c2)n1. The van der Waals surface area contributed by atoms with Gasteiger partial charge < -0.3 is 15.5 Å². The van der Waals surface area contributed by atoms with Gasteiger partial charge in [0.15, 0.2) is 0 Å². The molecule has 0 saturated carbocycles. The number of anilines is 2. The van der Waals surface area contributed by atoms with Gasteiger partial charge in [0.1, 0.15) is 23.0 Å². The summed E-state index contributed by atoms with van der Waals surface area (Å²) in [6, 6.07) is 20.2. The van der Waals surface area contributed by atoms with Crippen molar-refractivity contribution in [3.8, 4) is 22.4 Å². The molecule has 0 aliphatic rings. The Balaban J connectivity index is 1.38. The van der Waals surface area contributed by atoms with E-state index in [4.69, 9.17) is 10.2 Å². The lowest BCUT2D eigenvalue weighted by molar-refractivity contribution is 0.613. The van der Waals surface area contributed by atoms with E-state index in [1.807, 2.05) is 50.2 Å². The van der Waals surface area contributed by atoms with Crippen LogP contribution < -0.4 is 11.1 Å². The number of rotatable bonds is 5. The van der Waals surface area contributed by atoms with Crippen LogP contribution in [0, 0.1) is 13.8 Å². The highest BCUT2D eigenvalue weighted by Gasteiger charge is 2.09. The average Bonchev–Trinajstić information content (AvgIpc) is 3.18. The monoisotopic (exact) mass is 421 g/mol. The number of nitrogens with zero attached hydrogens (tertiary/aromatic N) is 3. The van der Waals surface area contributed by atoms with E-state index >= 15 is 0 Å². The van der Waals surface area contributed by atoms with Crippen LogP contribution >= 0.6 is 0 Å². The first-order chi connectivity index (χ1) is 15.5. The normalized spacial score (nSPS) is 11.1. The van der Waals surface area contributed by atoms with Crippen molar-refractivity contribution in [1.29, 1.82) is 0 Å². The van der Waals surface area contributed by atoms with E-state index in [-0.39, 0.29) is 0 Å². The zero-order valence-corrected chi connectivity index (χ0v) is 18.0. The van der Waals surface area contributed by atoms with Crippen molar-refractivity contribution in [1.82, 2.24) is 15.0 Å². The van der Waals surface area contributed by atoms with Gasteiger partial charge in [0.25, 0.3) is 0 Å². The number of pyridine rings is 1. The molecule has 6 heteroatoms. The van der Waals surface area contributed by atoms with Crippen molar-refractivity contribution in [3.05, 3.63) is 90.1 Å². The molecule has 0 spiro atoms. The molecular formula is C26H23N5O. The van der Waals surface area contributed by atoms with Crippen molar-refractivity contribution in [2.75, 3.05) is 11.1 Å². The van der Waals surface area contributed by atoms with Crippen LogP contribution in [0.4, 0.5) is 11.6 Å². The van der Waals surface area contributed by atoms with E-state index < -0.39 is 0 Å². The fourth-order valence-electron chi connectivity index (χ4n) is 3.75. The Morgan fingerprint density at radius 2 is 1.78 bits per heavy atom. The largest absolute Gasteiger partial charge is 0.464 e. The predicted molar refractivity (Wildman–Crippen MR) is 128 cm³/mol. The molecule has 6 nitrogen and oxygen atoms in total. The van der Waals surface area contributed by atoms with Gasteiger partial charge in [-0.05, 0) is 66.9 Å². The number of nitrogens with two attached hydrogens (primary N) is 1. The molecule has 5 aromatic rings. The third-order valence-corrected chi connectivity index (χ3v) is 5.42. The Bertz CT molecular complexity index is 1410. The summed E-state index contributed by atoms with van der Waals surface area (Å²) in [6.07, 6.45) is 3.57. The minimum absolute atomic E-state index is 0.517. The Morgan fingerprint density at radius 1 is 0.906 bits per heavy atom. The topological polar surface area (TPSA) is 89.9 Å². The van der Waals surface area contributed by atoms with Crippen molar-refractivity contribution in [2.24, 2.45) is 0 Å². The number of hydrogen-bond donors (Lipinski definition) is 2. The van der Waals surface area contributed by atoms with Gasteiger partial charge in [-0.3, -0.25) is 0 Å². The number of nitrogens with one attached hydrogen (secondary N) is 1. The van der Waals surface area contributed by atoms with E-state index in [0.29, 0.717) is 12.4 Å². The van der Waals surface area contributed by atoms with E-state index in [1.54, 1.807) is 12.5 Å². The molecule has 0 bridgehead atoms. The van der Waals surface area contributed by atoms with Gasteiger partial charge in [-0.2, -0.15) is 0 Å². The van der Waals surface area contributed by atoms with E-state index in [0.717, 1.165) is 56.1 Å². The second-order valence-electron chi connectivity index (χ2n) is 7.84. The third kappa shape index (κ3) is 4.03. The summed E-state index contributed by atoms with van der Waals surface area (Å²) < 4.78 is 5.57. The molecule has 0 unspecified atom stereocenters. The van der Waals surface area contributed by atoms with Gasteiger partial charge in [0, 0.05) is 35.3 Å². The zero-order chi connectivity index (χ0) is 22.1. The van der Waals surface area contributed by atoms with Crippen molar-refractivity contribution in [3.63, 3.8) is 0 Å². The fraction of sp³-hybridized carbons (Fsp3) is 0.115. The number of nitrogen functional groups attached to an aromatic ring is 1. The number of benzene rings is 2. The molecule has 0 atom stereocenters. The molecule has 158 valence electrons. The average molecular weight is 422 g/mol. The van der Waals surface area contributed by atoms with Crippen LogP contribution in [0.25, 0.3) is 33.4 Å². The van der Waals surface area contributed by atoms with Crippen LogP contribution in [0.3, 0.4) is 0 Å². The molecule has 0 amide bonds. The molecule has 0 aliphatic heterocycles. The highest BCUT2D eigenvalue weighted by molar-refractivity contribution is 5.85. The highest BCUT2D eigenvalue weighted by Crippen LogP contribution is 2.28. The summed E-state index contributed by atoms with van der Waals surface area (Å²) in [6.45, 7) is 4.60.